The summed E-state index contributed by atoms with van der Waals surface area (Å²) >= 11 is 5.20. The minimum absolute atomic E-state index is 0.162. The highest BCUT2D eigenvalue weighted by Gasteiger charge is 2.36. The lowest BCUT2D eigenvalue weighted by Crippen LogP contribution is -2.46. The summed E-state index contributed by atoms with van der Waals surface area (Å²) in [6.07, 6.45) is 2.58. The molecule has 32 heavy (non-hydrogen) atoms. The van der Waals surface area contributed by atoms with E-state index in [2.05, 4.69) is 26.9 Å². The maximum atomic E-state index is 12.0. The molecule has 1 aliphatic heterocycles. The molecule has 7 heteroatoms. The minimum Gasteiger partial charge on any atom is -0.493 e. The van der Waals surface area contributed by atoms with Gasteiger partial charge in [-0.25, -0.2) is 0 Å². The molecule has 3 aromatic rings. The van der Waals surface area contributed by atoms with Crippen molar-refractivity contribution >= 4 is 33.2 Å². The molecule has 168 valence electrons. The number of carboxylic acid groups (broad SMARTS) is 1. The van der Waals surface area contributed by atoms with Crippen LogP contribution >= 0.6 is 27.3 Å². The van der Waals surface area contributed by atoms with Crippen molar-refractivity contribution in [3.8, 4) is 11.5 Å². The average molecular weight is 516 g/mol. The van der Waals surface area contributed by atoms with Gasteiger partial charge in [-0.3, -0.25) is 9.69 Å². The molecule has 1 aromatic heterocycles. The van der Waals surface area contributed by atoms with Crippen molar-refractivity contribution in [3.63, 3.8) is 0 Å². The first-order valence-electron chi connectivity index (χ1n) is 10.6. The zero-order valence-electron chi connectivity index (χ0n) is 17.9. The van der Waals surface area contributed by atoms with Gasteiger partial charge in [-0.05, 0) is 70.7 Å². The molecule has 0 bridgehead atoms. The highest BCUT2D eigenvalue weighted by atomic mass is 79.9. The Bertz CT molecular complexity index is 1060. The molecule has 1 aliphatic rings. The van der Waals surface area contributed by atoms with Crippen LogP contribution < -0.4 is 9.47 Å². The van der Waals surface area contributed by atoms with Gasteiger partial charge >= 0.3 is 5.97 Å². The third-order valence-corrected chi connectivity index (χ3v) is 7.44. The Balaban J connectivity index is 1.67. The second-order valence-corrected chi connectivity index (χ2v) is 10.3. The first-order valence-corrected chi connectivity index (χ1v) is 12.3. The minimum atomic E-state index is -0.764. The molecule has 2 unspecified atom stereocenters. The Hall–Kier alpha value is -2.35. The molecule has 0 spiro atoms. The molecule has 2 atom stereocenters. The zero-order chi connectivity index (χ0) is 22.5. The van der Waals surface area contributed by atoms with Crippen LogP contribution in [-0.2, 0) is 11.4 Å². The van der Waals surface area contributed by atoms with Gasteiger partial charge < -0.3 is 14.6 Å². The maximum absolute atomic E-state index is 12.0. The van der Waals surface area contributed by atoms with E-state index in [1.54, 1.807) is 18.4 Å². The first kappa shape index (κ1) is 22.8. The van der Waals surface area contributed by atoms with Gasteiger partial charge in [-0.1, -0.05) is 42.8 Å². The third kappa shape index (κ3) is 5.17. The Morgan fingerprint density at radius 2 is 1.97 bits per heavy atom. The highest BCUT2D eigenvalue weighted by molar-refractivity contribution is 9.11. The van der Waals surface area contributed by atoms with Crippen LogP contribution in [-0.4, -0.2) is 35.7 Å². The third-order valence-electron chi connectivity index (χ3n) is 5.76. The lowest BCUT2D eigenvalue weighted by molar-refractivity contribution is -0.145. The van der Waals surface area contributed by atoms with Crippen LogP contribution in [0.3, 0.4) is 0 Å². The van der Waals surface area contributed by atoms with Crippen LogP contribution in [0, 0.1) is 0 Å². The fourth-order valence-electron chi connectivity index (χ4n) is 4.23. The van der Waals surface area contributed by atoms with Crippen molar-refractivity contribution in [2.75, 3.05) is 13.7 Å². The number of thiophene rings is 1. The number of rotatable bonds is 8. The summed E-state index contributed by atoms with van der Waals surface area (Å²) in [5, 5.41) is 9.89. The molecular weight excluding hydrogens is 490 g/mol. The monoisotopic (exact) mass is 515 g/mol. The van der Waals surface area contributed by atoms with E-state index in [1.165, 1.54) is 0 Å². The standard InChI is InChI=1S/C25H26BrNO4S/c1-30-21-15-18(10-11-20(21)31-16-17-7-3-2-4-8-17)24(22-12-13-23(26)32-22)27-14-6-5-9-19(27)25(28)29/h2-4,7-8,10-13,15,19,24H,5-6,9,14,16H2,1H3,(H,28,29). The van der Waals surface area contributed by atoms with Gasteiger partial charge in [0.25, 0.3) is 0 Å². The van der Waals surface area contributed by atoms with Gasteiger partial charge in [0.2, 0.25) is 0 Å². The topological polar surface area (TPSA) is 59.0 Å². The molecule has 1 fully saturated rings. The molecule has 5 nitrogen and oxygen atoms in total. The molecule has 0 radical (unpaired) electrons. The summed E-state index contributed by atoms with van der Waals surface area (Å²) in [6.45, 7) is 1.19. The molecule has 0 saturated carbocycles. The fraction of sp³-hybridized carbons (Fsp3) is 0.320. The molecule has 0 amide bonds. The largest absolute Gasteiger partial charge is 0.493 e. The number of ether oxygens (including phenoxy) is 2. The molecule has 2 aromatic carbocycles. The lowest BCUT2D eigenvalue weighted by atomic mass is 9.95. The van der Waals surface area contributed by atoms with Crippen molar-refractivity contribution in [1.82, 2.24) is 4.90 Å². The van der Waals surface area contributed by atoms with E-state index in [0.29, 0.717) is 24.5 Å². The maximum Gasteiger partial charge on any atom is 0.320 e. The predicted octanol–water partition coefficient (Wildman–Crippen LogP) is 6.13. The van der Waals surface area contributed by atoms with Crippen molar-refractivity contribution < 1.29 is 19.4 Å². The number of hydrogen-bond acceptors (Lipinski definition) is 5. The van der Waals surface area contributed by atoms with Crippen LogP contribution in [0.25, 0.3) is 0 Å². The zero-order valence-corrected chi connectivity index (χ0v) is 20.3. The van der Waals surface area contributed by atoms with Crippen molar-refractivity contribution in [2.24, 2.45) is 0 Å². The Morgan fingerprint density at radius 1 is 1.16 bits per heavy atom. The molecular formula is C25H26BrNO4S. The van der Waals surface area contributed by atoms with E-state index < -0.39 is 12.0 Å². The summed E-state index contributed by atoms with van der Waals surface area (Å²) in [5.41, 5.74) is 2.08. The van der Waals surface area contributed by atoms with Gasteiger partial charge in [-0.15, -0.1) is 11.3 Å². The predicted molar refractivity (Wildman–Crippen MR) is 130 cm³/mol. The SMILES string of the molecule is COc1cc(C(c2ccc(Br)s2)N2CCCCC2C(=O)O)ccc1OCc1ccccc1. The van der Waals surface area contributed by atoms with Crippen molar-refractivity contribution in [2.45, 2.75) is 38.0 Å². The Kier molecular flexibility index (Phi) is 7.50. The number of aliphatic carboxylic acids is 1. The van der Waals surface area contributed by atoms with E-state index in [4.69, 9.17) is 9.47 Å². The molecule has 4 rings (SSSR count). The van der Waals surface area contributed by atoms with Crippen LogP contribution in [0.2, 0.25) is 0 Å². The van der Waals surface area contributed by atoms with Gasteiger partial charge in [0.1, 0.15) is 12.6 Å². The number of benzene rings is 2. The highest BCUT2D eigenvalue weighted by Crippen LogP contribution is 2.41. The van der Waals surface area contributed by atoms with Gasteiger partial charge in [0.15, 0.2) is 11.5 Å². The number of nitrogens with zero attached hydrogens (tertiary/aromatic N) is 1. The van der Waals surface area contributed by atoms with Crippen LogP contribution in [0.1, 0.15) is 41.3 Å². The molecule has 2 heterocycles. The second-order valence-electron chi connectivity index (χ2n) is 7.82. The molecule has 0 aliphatic carbocycles. The number of carbonyl (C=O) groups is 1. The first-order chi connectivity index (χ1) is 15.6. The average Bonchev–Trinajstić information content (AvgIpc) is 3.24. The lowest BCUT2D eigenvalue weighted by Gasteiger charge is -2.39. The van der Waals surface area contributed by atoms with E-state index in [1.807, 2.05) is 54.6 Å². The van der Waals surface area contributed by atoms with Gasteiger partial charge in [-0.2, -0.15) is 0 Å². The summed E-state index contributed by atoms with van der Waals surface area (Å²) in [6, 6.07) is 19.3. The van der Waals surface area contributed by atoms with Crippen molar-refractivity contribution in [1.29, 1.82) is 0 Å². The van der Waals surface area contributed by atoms with Gasteiger partial charge in [0, 0.05) is 4.88 Å². The summed E-state index contributed by atoms with van der Waals surface area (Å²) in [4.78, 5) is 15.3. The normalized spacial score (nSPS) is 17.6. The number of hydrogen-bond donors (Lipinski definition) is 1. The fourth-order valence-corrected chi connectivity index (χ4v) is 5.80. The number of piperidine rings is 1. The molecule has 1 N–H and O–H groups in total. The van der Waals surface area contributed by atoms with Crippen LogP contribution in [0.5, 0.6) is 11.5 Å². The van der Waals surface area contributed by atoms with E-state index in [9.17, 15) is 9.90 Å². The molecule has 1 saturated heterocycles. The summed E-state index contributed by atoms with van der Waals surface area (Å²) < 4.78 is 12.7. The quantitative estimate of drug-likeness (QED) is 0.391. The van der Waals surface area contributed by atoms with Gasteiger partial charge in [0.05, 0.1) is 16.9 Å². The summed E-state index contributed by atoms with van der Waals surface area (Å²) in [7, 11) is 1.63. The van der Waals surface area contributed by atoms with E-state index in [0.717, 1.165) is 39.2 Å². The van der Waals surface area contributed by atoms with Crippen LogP contribution in [0.15, 0.2) is 64.5 Å². The number of methoxy groups -OCH3 is 1. The van der Waals surface area contributed by atoms with Crippen molar-refractivity contribution in [3.05, 3.63) is 80.5 Å². The van der Waals surface area contributed by atoms with Crippen LogP contribution in [0.4, 0.5) is 0 Å². The Morgan fingerprint density at radius 3 is 2.66 bits per heavy atom. The smallest absolute Gasteiger partial charge is 0.320 e. The number of halogens is 1. The number of carboxylic acids is 1. The second kappa shape index (κ2) is 10.5. The van der Waals surface area contributed by atoms with E-state index in [-0.39, 0.29) is 6.04 Å². The summed E-state index contributed by atoms with van der Waals surface area (Å²) in [5.74, 6) is 0.544. The Labute approximate surface area is 200 Å². The van der Waals surface area contributed by atoms with E-state index >= 15 is 0 Å². The number of likely N-dealkylation sites (tertiary alicyclic amines) is 1.